The molecule has 2 amide bonds. The number of carbonyl (C=O) groups is 2. The quantitative estimate of drug-likeness (QED) is 0.261. The first kappa shape index (κ1) is 27.5. The van der Waals surface area contributed by atoms with E-state index in [0.29, 0.717) is 42.5 Å². The predicted molar refractivity (Wildman–Crippen MR) is 154 cm³/mol. The molecule has 7 heteroatoms. The van der Waals surface area contributed by atoms with Crippen LogP contribution in [0.4, 0.5) is 5.69 Å². The van der Waals surface area contributed by atoms with Gasteiger partial charge in [0.2, 0.25) is 11.8 Å². The van der Waals surface area contributed by atoms with Crippen molar-refractivity contribution in [3.63, 3.8) is 0 Å². The Morgan fingerprint density at radius 1 is 1.02 bits per heavy atom. The third-order valence-electron chi connectivity index (χ3n) is 8.13. The van der Waals surface area contributed by atoms with Gasteiger partial charge in [-0.3, -0.25) is 19.5 Å². The van der Waals surface area contributed by atoms with E-state index in [4.69, 9.17) is 0 Å². The number of para-hydroxylation sites is 2. The fourth-order valence-electron chi connectivity index (χ4n) is 6.20. The van der Waals surface area contributed by atoms with Gasteiger partial charge in [0, 0.05) is 17.7 Å². The minimum atomic E-state index is -0.918. The fraction of sp³-hybridized carbons (Fsp3) is 0.303. The summed E-state index contributed by atoms with van der Waals surface area (Å²) < 4.78 is 0. The average Bonchev–Trinajstić information content (AvgIpc) is 3.24. The standard InChI is InChI=1S/C33H34N2O5/c1-2-21-19-25-31(33(40)35(32(25)39)24-11-4-3-5-12-24)26(20-36)30(21)29(38)16-15-22(27-13-8-9-17-34-27)18-23-10-6-7-14-28(23)37/h3-14,17-18,25-26,29,31,36-38H,2,15-16,19-20H2,1H3/b22-18-/t25-,26+,29-,31-/m1/s1. The number of fused-ring (bicyclic) bond motifs is 1. The van der Waals surface area contributed by atoms with Gasteiger partial charge in [-0.25, -0.2) is 0 Å². The molecule has 206 valence electrons. The second-order valence-corrected chi connectivity index (χ2v) is 10.4. The fourth-order valence-corrected chi connectivity index (χ4v) is 6.20. The molecule has 5 rings (SSSR count). The molecule has 1 saturated heterocycles. The first-order chi connectivity index (χ1) is 19.4. The summed E-state index contributed by atoms with van der Waals surface area (Å²) in [5.41, 5.74) is 4.35. The van der Waals surface area contributed by atoms with Crippen LogP contribution in [-0.2, 0) is 9.59 Å². The number of aromatic hydroxyl groups is 1. The molecule has 0 radical (unpaired) electrons. The molecule has 0 bridgehead atoms. The number of imide groups is 1. The summed E-state index contributed by atoms with van der Waals surface area (Å²) in [4.78, 5) is 32.8. The molecule has 3 N–H and O–H groups in total. The van der Waals surface area contributed by atoms with Crippen LogP contribution in [0.5, 0.6) is 5.75 Å². The molecule has 0 unspecified atom stereocenters. The minimum absolute atomic E-state index is 0.151. The van der Waals surface area contributed by atoms with Crippen LogP contribution in [0.1, 0.15) is 43.9 Å². The molecule has 1 aliphatic heterocycles. The van der Waals surface area contributed by atoms with Crippen LogP contribution in [0, 0.1) is 17.8 Å². The number of nitrogens with zero attached hydrogens (tertiary/aromatic N) is 2. The van der Waals surface area contributed by atoms with Crippen molar-refractivity contribution >= 4 is 29.2 Å². The van der Waals surface area contributed by atoms with Gasteiger partial charge in [-0.05, 0) is 73.2 Å². The van der Waals surface area contributed by atoms with Crippen LogP contribution >= 0.6 is 0 Å². The molecule has 2 aromatic carbocycles. The van der Waals surface area contributed by atoms with E-state index in [1.165, 1.54) is 4.90 Å². The van der Waals surface area contributed by atoms with Crippen LogP contribution in [0.25, 0.3) is 11.6 Å². The predicted octanol–water partition coefficient (Wildman–Crippen LogP) is 4.99. The van der Waals surface area contributed by atoms with E-state index in [1.807, 2.05) is 49.4 Å². The number of amides is 2. The van der Waals surface area contributed by atoms with E-state index < -0.39 is 23.9 Å². The number of allylic oxidation sites excluding steroid dienone is 2. The Hall–Kier alpha value is -4.07. The number of aliphatic hydroxyl groups is 2. The van der Waals surface area contributed by atoms with Crippen molar-refractivity contribution in [2.45, 2.75) is 38.7 Å². The summed E-state index contributed by atoms with van der Waals surface area (Å²) in [6.07, 6.45) is 4.43. The SMILES string of the molecule is CCC1=C([C@H](O)CC/C(=C/c2ccccc2O)c2ccccn2)[C@H](CO)[C@@H]2C(=O)N(c3ccccc3)C(=O)[C@@H]2C1. The largest absolute Gasteiger partial charge is 0.507 e. The number of pyridine rings is 1. The molecule has 2 aliphatic rings. The Bertz CT molecular complexity index is 1430. The number of carbonyl (C=O) groups excluding carboxylic acids is 2. The maximum atomic E-state index is 13.6. The van der Waals surface area contributed by atoms with Gasteiger partial charge in [0.25, 0.3) is 0 Å². The van der Waals surface area contributed by atoms with E-state index in [2.05, 4.69) is 4.98 Å². The van der Waals surface area contributed by atoms with Crippen molar-refractivity contribution in [2.24, 2.45) is 17.8 Å². The highest BCUT2D eigenvalue weighted by Crippen LogP contribution is 2.48. The summed E-state index contributed by atoms with van der Waals surface area (Å²) in [6, 6.07) is 21.5. The molecule has 4 atom stereocenters. The molecule has 2 heterocycles. The molecular weight excluding hydrogens is 504 g/mol. The highest BCUT2D eigenvalue weighted by Gasteiger charge is 2.55. The highest BCUT2D eigenvalue weighted by atomic mass is 16.3. The van der Waals surface area contributed by atoms with E-state index in [1.54, 1.807) is 42.6 Å². The summed E-state index contributed by atoms with van der Waals surface area (Å²) in [5.74, 6) is -2.34. The van der Waals surface area contributed by atoms with Crippen LogP contribution < -0.4 is 4.90 Å². The zero-order valence-electron chi connectivity index (χ0n) is 22.5. The van der Waals surface area contributed by atoms with Gasteiger partial charge in [-0.2, -0.15) is 0 Å². The molecule has 40 heavy (non-hydrogen) atoms. The number of hydrogen-bond acceptors (Lipinski definition) is 6. The maximum Gasteiger partial charge on any atom is 0.238 e. The molecule has 1 fully saturated rings. The highest BCUT2D eigenvalue weighted by molar-refractivity contribution is 6.22. The normalized spacial score (nSPS) is 22.0. The number of phenolic OH excluding ortho intramolecular Hbond substituents is 1. The van der Waals surface area contributed by atoms with Crippen molar-refractivity contribution in [1.29, 1.82) is 0 Å². The van der Waals surface area contributed by atoms with Crippen molar-refractivity contribution in [2.75, 3.05) is 11.5 Å². The van der Waals surface area contributed by atoms with Crippen molar-refractivity contribution in [1.82, 2.24) is 4.98 Å². The van der Waals surface area contributed by atoms with Gasteiger partial charge in [0.15, 0.2) is 0 Å². The van der Waals surface area contributed by atoms with Crippen LogP contribution in [-0.4, -0.2) is 44.8 Å². The lowest BCUT2D eigenvalue weighted by molar-refractivity contribution is -0.123. The summed E-state index contributed by atoms with van der Waals surface area (Å²) in [7, 11) is 0. The second kappa shape index (κ2) is 12.0. The number of phenols is 1. The number of rotatable bonds is 9. The second-order valence-electron chi connectivity index (χ2n) is 10.4. The van der Waals surface area contributed by atoms with E-state index in [-0.39, 0.29) is 24.2 Å². The molecule has 0 spiro atoms. The van der Waals surface area contributed by atoms with Gasteiger partial charge in [0.05, 0.1) is 35.9 Å². The molecule has 3 aromatic rings. The Morgan fingerprint density at radius 2 is 1.75 bits per heavy atom. The lowest BCUT2D eigenvalue weighted by Crippen LogP contribution is -2.39. The molecule has 1 aliphatic carbocycles. The maximum absolute atomic E-state index is 13.6. The Balaban J connectivity index is 1.43. The number of anilines is 1. The molecule has 7 nitrogen and oxygen atoms in total. The zero-order chi connectivity index (χ0) is 28.2. The van der Waals surface area contributed by atoms with Crippen LogP contribution in [0.2, 0.25) is 0 Å². The van der Waals surface area contributed by atoms with Gasteiger partial charge in [0.1, 0.15) is 5.75 Å². The average molecular weight is 539 g/mol. The zero-order valence-corrected chi connectivity index (χ0v) is 22.5. The molecule has 0 saturated carbocycles. The van der Waals surface area contributed by atoms with Gasteiger partial charge < -0.3 is 15.3 Å². The van der Waals surface area contributed by atoms with Crippen molar-refractivity contribution < 1.29 is 24.9 Å². The monoisotopic (exact) mass is 538 g/mol. The minimum Gasteiger partial charge on any atom is -0.507 e. The first-order valence-corrected chi connectivity index (χ1v) is 13.8. The van der Waals surface area contributed by atoms with Crippen molar-refractivity contribution in [3.05, 3.63) is 101 Å². The van der Waals surface area contributed by atoms with Gasteiger partial charge in [-0.1, -0.05) is 55.0 Å². The first-order valence-electron chi connectivity index (χ1n) is 13.8. The van der Waals surface area contributed by atoms with Crippen molar-refractivity contribution in [3.8, 4) is 5.75 Å². The summed E-state index contributed by atoms with van der Waals surface area (Å²) in [5, 5.41) is 32.5. The summed E-state index contributed by atoms with van der Waals surface area (Å²) >= 11 is 0. The van der Waals surface area contributed by atoms with E-state index in [0.717, 1.165) is 16.8 Å². The smallest absolute Gasteiger partial charge is 0.238 e. The van der Waals surface area contributed by atoms with E-state index >= 15 is 0 Å². The Labute approximate surface area is 234 Å². The van der Waals surface area contributed by atoms with Gasteiger partial charge >= 0.3 is 0 Å². The number of hydrogen-bond donors (Lipinski definition) is 3. The van der Waals surface area contributed by atoms with Crippen LogP contribution in [0.3, 0.4) is 0 Å². The summed E-state index contributed by atoms with van der Waals surface area (Å²) in [6.45, 7) is 1.64. The van der Waals surface area contributed by atoms with Crippen LogP contribution in [0.15, 0.2) is 90.1 Å². The van der Waals surface area contributed by atoms with Gasteiger partial charge in [-0.15, -0.1) is 0 Å². The number of benzene rings is 2. The topological polar surface area (TPSA) is 111 Å². The lowest BCUT2D eigenvalue weighted by Gasteiger charge is -2.36. The molecular formula is C33H34N2O5. The Kier molecular flexibility index (Phi) is 8.24. The number of aliphatic hydroxyl groups excluding tert-OH is 2. The third kappa shape index (κ3) is 5.22. The number of aromatic nitrogens is 1. The lowest BCUT2D eigenvalue weighted by atomic mass is 9.67. The van der Waals surface area contributed by atoms with E-state index in [9.17, 15) is 24.9 Å². The molecule has 1 aromatic heterocycles. The Morgan fingerprint density at radius 3 is 2.42 bits per heavy atom. The third-order valence-corrected chi connectivity index (χ3v) is 8.13.